The molecule has 0 saturated heterocycles. The monoisotopic (exact) mass is 725 g/mol. The predicted molar refractivity (Wildman–Crippen MR) is 218 cm³/mol. The first-order chi connectivity index (χ1) is 24.8. The molecule has 0 aliphatic rings. The van der Waals surface area contributed by atoms with E-state index in [1.165, 1.54) is 96.3 Å². The number of likely N-dealkylation sites (N-methyl/N-ethyl adjacent to an activating group) is 1. The third kappa shape index (κ3) is 31.9. The van der Waals surface area contributed by atoms with Crippen LogP contribution in [0.15, 0.2) is 0 Å². The Kier molecular flexibility index (Phi) is 36.0. The van der Waals surface area contributed by atoms with Gasteiger partial charge in [-0.15, -0.1) is 0 Å². The highest BCUT2D eigenvalue weighted by Crippen LogP contribution is 2.21. The SMILES string of the molecule is CCCCCCCC(CCCCCCC)COC(=O)CCCCCCCCC(CCCCCC)OC(=O)OCCN(CCN(CC)CC)C(C)C. The van der Waals surface area contributed by atoms with Crippen molar-refractivity contribution in [2.75, 3.05) is 45.9 Å². The molecule has 0 N–H and O–H groups in total. The van der Waals surface area contributed by atoms with E-state index in [1.54, 1.807) is 0 Å². The minimum absolute atomic E-state index is 0.0107. The summed E-state index contributed by atoms with van der Waals surface area (Å²) in [6.07, 6.45) is 28.3. The second-order valence-corrected chi connectivity index (χ2v) is 15.5. The summed E-state index contributed by atoms with van der Waals surface area (Å²) in [4.78, 5) is 30.0. The summed E-state index contributed by atoms with van der Waals surface area (Å²) in [6, 6.07) is 0.405. The Balaban J connectivity index is 4.38. The van der Waals surface area contributed by atoms with Crippen molar-refractivity contribution >= 4 is 12.1 Å². The van der Waals surface area contributed by atoms with Crippen LogP contribution in [0.25, 0.3) is 0 Å². The number of hydrogen-bond acceptors (Lipinski definition) is 7. The fourth-order valence-electron chi connectivity index (χ4n) is 6.93. The maximum absolute atomic E-state index is 12.7. The molecule has 0 radical (unpaired) electrons. The van der Waals surface area contributed by atoms with Crippen LogP contribution in [0.5, 0.6) is 0 Å². The summed E-state index contributed by atoms with van der Waals surface area (Å²) in [6.45, 7) is 21.4. The number of ether oxygens (including phenoxy) is 3. The third-order valence-corrected chi connectivity index (χ3v) is 10.6. The lowest BCUT2D eigenvalue weighted by Crippen LogP contribution is -2.40. The fourth-order valence-corrected chi connectivity index (χ4v) is 6.93. The van der Waals surface area contributed by atoms with E-state index in [2.05, 4.69) is 58.3 Å². The molecular weight excluding hydrogens is 636 g/mol. The van der Waals surface area contributed by atoms with Gasteiger partial charge in [0.05, 0.1) is 6.61 Å². The van der Waals surface area contributed by atoms with Gasteiger partial charge in [-0.2, -0.15) is 0 Å². The highest BCUT2D eigenvalue weighted by Gasteiger charge is 2.17. The van der Waals surface area contributed by atoms with Crippen LogP contribution in [0.3, 0.4) is 0 Å². The Morgan fingerprint density at radius 2 is 1.00 bits per heavy atom. The molecule has 7 heteroatoms. The molecule has 0 aliphatic heterocycles. The van der Waals surface area contributed by atoms with E-state index in [1.807, 2.05) is 0 Å². The lowest BCUT2D eigenvalue weighted by atomic mass is 9.95. The predicted octanol–water partition coefficient (Wildman–Crippen LogP) is 12.5. The Bertz CT molecular complexity index is 746. The number of carbonyl (C=O) groups is 2. The average molecular weight is 725 g/mol. The average Bonchev–Trinajstić information content (AvgIpc) is 3.12. The van der Waals surface area contributed by atoms with Crippen LogP contribution in [0.4, 0.5) is 4.79 Å². The number of carbonyl (C=O) groups excluding carboxylic acids is 2. The van der Waals surface area contributed by atoms with E-state index in [-0.39, 0.29) is 12.1 Å². The molecule has 7 nitrogen and oxygen atoms in total. The number of rotatable bonds is 38. The van der Waals surface area contributed by atoms with Gasteiger partial charge in [-0.3, -0.25) is 9.69 Å². The molecule has 0 heterocycles. The van der Waals surface area contributed by atoms with Gasteiger partial charge in [0.25, 0.3) is 0 Å². The topological polar surface area (TPSA) is 68.3 Å². The van der Waals surface area contributed by atoms with Gasteiger partial charge in [-0.1, -0.05) is 144 Å². The minimum Gasteiger partial charge on any atom is -0.465 e. The van der Waals surface area contributed by atoms with E-state index in [4.69, 9.17) is 14.2 Å². The first-order valence-electron chi connectivity index (χ1n) is 22.3. The summed E-state index contributed by atoms with van der Waals surface area (Å²) in [5.41, 5.74) is 0. The summed E-state index contributed by atoms with van der Waals surface area (Å²) >= 11 is 0. The van der Waals surface area contributed by atoms with Gasteiger partial charge in [-0.05, 0) is 77.8 Å². The number of nitrogens with zero attached hydrogens (tertiary/aromatic N) is 2. The Labute approximate surface area is 318 Å². The zero-order valence-electron chi connectivity index (χ0n) is 35.3. The molecule has 0 amide bonds. The highest BCUT2D eigenvalue weighted by molar-refractivity contribution is 5.69. The van der Waals surface area contributed by atoms with Crippen molar-refractivity contribution in [3.8, 4) is 0 Å². The summed E-state index contributed by atoms with van der Waals surface area (Å²) in [5, 5.41) is 0. The van der Waals surface area contributed by atoms with Gasteiger partial charge in [0.2, 0.25) is 0 Å². The van der Waals surface area contributed by atoms with E-state index in [9.17, 15) is 9.59 Å². The Hall–Kier alpha value is -1.34. The van der Waals surface area contributed by atoms with Gasteiger partial charge >= 0.3 is 12.1 Å². The normalized spacial score (nSPS) is 12.4. The van der Waals surface area contributed by atoms with Crippen LogP contribution in [0, 0.1) is 5.92 Å². The summed E-state index contributed by atoms with van der Waals surface area (Å²) in [5.74, 6) is 0.518. The quantitative estimate of drug-likeness (QED) is 0.0464. The van der Waals surface area contributed by atoms with Crippen molar-refractivity contribution in [1.82, 2.24) is 9.80 Å². The van der Waals surface area contributed by atoms with Crippen molar-refractivity contribution in [3.05, 3.63) is 0 Å². The maximum Gasteiger partial charge on any atom is 0.508 e. The minimum atomic E-state index is -0.514. The standard InChI is InChI=1S/C44H88N2O5/c1-8-13-16-21-25-30-41(31-26-22-17-14-9-2)39-50-43(47)34-29-24-20-19-23-28-33-42(32-27-18-15-10-3)51-44(48)49-38-37-46(40(6)7)36-35-45(11-4)12-5/h40-42H,8-39H2,1-7H3. The largest absolute Gasteiger partial charge is 0.508 e. The number of hydrogen-bond donors (Lipinski definition) is 0. The number of esters is 1. The molecular formula is C44H88N2O5. The molecule has 0 aromatic heterocycles. The van der Waals surface area contributed by atoms with Gasteiger partial charge in [0, 0.05) is 32.1 Å². The van der Waals surface area contributed by atoms with E-state index >= 15 is 0 Å². The molecule has 1 unspecified atom stereocenters. The van der Waals surface area contributed by atoms with Gasteiger partial charge in [0.15, 0.2) is 0 Å². The summed E-state index contributed by atoms with van der Waals surface area (Å²) in [7, 11) is 0. The molecule has 0 fully saturated rings. The van der Waals surface area contributed by atoms with Crippen molar-refractivity contribution in [3.63, 3.8) is 0 Å². The second-order valence-electron chi connectivity index (χ2n) is 15.5. The molecule has 1 atom stereocenters. The molecule has 0 aliphatic carbocycles. The van der Waals surface area contributed by atoms with Crippen molar-refractivity contribution < 1.29 is 23.8 Å². The lowest BCUT2D eigenvalue weighted by molar-refractivity contribution is -0.145. The van der Waals surface area contributed by atoms with Gasteiger partial charge in [0.1, 0.15) is 12.7 Å². The van der Waals surface area contributed by atoms with Crippen LogP contribution in [0.1, 0.15) is 209 Å². The highest BCUT2D eigenvalue weighted by atomic mass is 16.7. The van der Waals surface area contributed by atoms with Crippen LogP contribution in [0.2, 0.25) is 0 Å². The Morgan fingerprint density at radius 1 is 0.529 bits per heavy atom. The van der Waals surface area contributed by atoms with Crippen LogP contribution >= 0.6 is 0 Å². The molecule has 0 spiro atoms. The van der Waals surface area contributed by atoms with Gasteiger partial charge < -0.3 is 19.1 Å². The van der Waals surface area contributed by atoms with Crippen molar-refractivity contribution in [1.29, 1.82) is 0 Å². The van der Waals surface area contributed by atoms with Crippen molar-refractivity contribution in [2.24, 2.45) is 5.92 Å². The zero-order chi connectivity index (χ0) is 37.8. The first-order valence-corrected chi connectivity index (χ1v) is 22.3. The molecule has 0 aromatic carbocycles. The van der Waals surface area contributed by atoms with Crippen LogP contribution in [-0.2, 0) is 19.0 Å². The second kappa shape index (κ2) is 37.0. The van der Waals surface area contributed by atoms with Gasteiger partial charge in [-0.25, -0.2) is 4.79 Å². The van der Waals surface area contributed by atoms with E-state index in [0.717, 1.165) is 90.5 Å². The molecule has 0 saturated carbocycles. The lowest BCUT2D eigenvalue weighted by Gasteiger charge is -2.29. The molecule has 51 heavy (non-hydrogen) atoms. The molecule has 304 valence electrons. The van der Waals surface area contributed by atoms with E-state index in [0.29, 0.717) is 31.6 Å². The van der Waals surface area contributed by atoms with Crippen LogP contribution in [-0.4, -0.2) is 80.0 Å². The zero-order valence-corrected chi connectivity index (χ0v) is 35.3. The smallest absolute Gasteiger partial charge is 0.465 e. The van der Waals surface area contributed by atoms with Crippen molar-refractivity contribution in [2.45, 2.75) is 221 Å². The summed E-state index contributed by atoms with van der Waals surface area (Å²) < 4.78 is 17.2. The molecule has 0 aromatic rings. The third-order valence-electron chi connectivity index (χ3n) is 10.6. The fraction of sp³-hybridized carbons (Fsp3) is 0.955. The number of unbranched alkanes of at least 4 members (excludes halogenated alkanes) is 16. The maximum atomic E-state index is 12.7. The molecule has 0 bridgehead atoms. The van der Waals surface area contributed by atoms with E-state index < -0.39 is 6.16 Å². The Morgan fingerprint density at radius 3 is 1.51 bits per heavy atom. The first kappa shape index (κ1) is 49.7. The molecule has 0 rings (SSSR count). The van der Waals surface area contributed by atoms with Crippen LogP contribution < -0.4 is 0 Å².